The minimum Gasteiger partial charge on any atom is -0.326 e. The zero-order valence-electron chi connectivity index (χ0n) is 6.62. The normalized spacial score (nSPS) is 7.46. The molecule has 0 fully saturated rings. The van der Waals surface area contributed by atoms with Crippen LogP contribution in [0.15, 0.2) is 23.6 Å². The van der Waals surface area contributed by atoms with Crippen molar-refractivity contribution in [1.82, 2.24) is 4.98 Å². The van der Waals surface area contributed by atoms with Gasteiger partial charge in [-0.2, -0.15) is 0 Å². The first-order chi connectivity index (χ1) is 5.38. The number of aromatic nitrogens is 1. The molecule has 0 atom stereocenters. The zero-order valence-corrected chi connectivity index (χ0v) is 8.25. The standard InChI is InChI=1S/C6H7N5.2ClH/c7-3-5-1-2-9-4-6(5)10-11-8;;/h1-2,4H,3,7H2;2*1H. The van der Waals surface area contributed by atoms with Gasteiger partial charge in [-0.25, -0.2) is 0 Å². The van der Waals surface area contributed by atoms with Crippen LogP contribution in [0, 0.1) is 0 Å². The molecule has 2 N–H and O–H groups in total. The highest BCUT2D eigenvalue weighted by atomic mass is 35.5. The van der Waals surface area contributed by atoms with E-state index in [1.807, 2.05) is 0 Å². The molecular formula is C6H9Cl2N5. The van der Waals surface area contributed by atoms with Crippen molar-refractivity contribution in [2.75, 3.05) is 0 Å². The maximum atomic E-state index is 8.13. The maximum Gasteiger partial charge on any atom is 0.0603 e. The van der Waals surface area contributed by atoms with Crippen LogP contribution in [0.5, 0.6) is 0 Å². The Hall–Kier alpha value is -1.00. The summed E-state index contributed by atoms with van der Waals surface area (Å²) < 4.78 is 0. The lowest BCUT2D eigenvalue weighted by atomic mass is 10.2. The smallest absolute Gasteiger partial charge is 0.0603 e. The van der Waals surface area contributed by atoms with Gasteiger partial charge < -0.3 is 5.73 Å². The van der Waals surface area contributed by atoms with Gasteiger partial charge in [-0.1, -0.05) is 5.11 Å². The van der Waals surface area contributed by atoms with Crippen molar-refractivity contribution in [3.05, 3.63) is 34.5 Å². The summed E-state index contributed by atoms with van der Waals surface area (Å²) in [5.41, 5.74) is 14.8. The number of azide groups is 1. The molecule has 1 rings (SSSR count). The SMILES string of the molecule is Cl.Cl.[N-]=[N+]=Nc1cnccc1CN. The maximum absolute atomic E-state index is 8.13. The van der Waals surface area contributed by atoms with Gasteiger partial charge in [0.15, 0.2) is 0 Å². The van der Waals surface area contributed by atoms with Crippen molar-refractivity contribution in [3.8, 4) is 0 Å². The zero-order chi connectivity index (χ0) is 8.10. The Morgan fingerprint density at radius 3 is 2.77 bits per heavy atom. The first kappa shape index (κ1) is 14.5. The van der Waals surface area contributed by atoms with Crippen molar-refractivity contribution in [3.63, 3.8) is 0 Å². The molecule has 0 aromatic carbocycles. The molecule has 0 amide bonds. The van der Waals surface area contributed by atoms with E-state index in [0.29, 0.717) is 12.2 Å². The number of halogens is 2. The van der Waals surface area contributed by atoms with E-state index in [1.54, 1.807) is 12.3 Å². The fraction of sp³-hybridized carbons (Fsp3) is 0.167. The second kappa shape index (κ2) is 7.64. The van der Waals surface area contributed by atoms with E-state index in [2.05, 4.69) is 15.0 Å². The summed E-state index contributed by atoms with van der Waals surface area (Å²) in [6.07, 6.45) is 3.10. The first-order valence-electron chi connectivity index (χ1n) is 3.06. The summed E-state index contributed by atoms with van der Waals surface area (Å²) in [6.45, 7) is 0.358. The molecule has 0 radical (unpaired) electrons. The van der Waals surface area contributed by atoms with Crippen molar-refractivity contribution >= 4 is 30.5 Å². The Balaban J connectivity index is 0. The molecule has 7 heteroatoms. The van der Waals surface area contributed by atoms with Crippen LogP contribution in [0.2, 0.25) is 0 Å². The molecule has 13 heavy (non-hydrogen) atoms. The Morgan fingerprint density at radius 2 is 2.23 bits per heavy atom. The fourth-order valence-electron chi connectivity index (χ4n) is 0.726. The van der Waals surface area contributed by atoms with Crippen LogP contribution in [0.25, 0.3) is 10.4 Å². The highest BCUT2D eigenvalue weighted by Crippen LogP contribution is 2.15. The lowest BCUT2D eigenvalue weighted by Crippen LogP contribution is -1.96. The highest BCUT2D eigenvalue weighted by molar-refractivity contribution is 5.85. The number of nitrogens with two attached hydrogens (primary N) is 1. The van der Waals surface area contributed by atoms with Crippen LogP contribution in [0.3, 0.4) is 0 Å². The lowest BCUT2D eigenvalue weighted by molar-refractivity contribution is 1.05. The third-order valence-corrected chi connectivity index (χ3v) is 1.26. The minimum atomic E-state index is 0. The molecular weight excluding hydrogens is 213 g/mol. The second-order valence-electron chi connectivity index (χ2n) is 1.90. The molecule has 0 unspecified atom stereocenters. The molecule has 0 saturated carbocycles. The Morgan fingerprint density at radius 1 is 1.54 bits per heavy atom. The third-order valence-electron chi connectivity index (χ3n) is 1.26. The van der Waals surface area contributed by atoms with Gasteiger partial charge in [-0.3, -0.25) is 4.98 Å². The molecule has 0 aliphatic rings. The fourth-order valence-corrected chi connectivity index (χ4v) is 0.726. The van der Waals surface area contributed by atoms with E-state index in [9.17, 15) is 0 Å². The first-order valence-corrected chi connectivity index (χ1v) is 3.06. The summed E-state index contributed by atoms with van der Waals surface area (Å²) in [7, 11) is 0. The number of hydrogen-bond acceptors (Lipinski definition) is 3. The summed E-state index contributed by atoms with van der Waals surface area (Å²) in [4.78, 5) is 6.44. The predicted molar refractivity (Wildman–Crippen MR) is 55.4 cm³/mol. The van der Waals surface area contributed by atoms with Crippen molar-refractivity contribution < 1.29 is 0 Å². The van der Waals surface area contributed by atoms with Gasteiger partial charge in [0.2, 0.25) is 0 Å². The topological polar surface area (TPSA) is 87.7 Å². The Bertz CT molecular complexity index is 297. The van der Waals surface area contributed by atoms with Gasteiger partial charge in [0.25, 0.3) is 0 Å². The molecule has 72 valence electrons. The van der Waals surface area contributed by atoms with E-state index >= 15 is 0 Å². The molecule has 0 saturated heterocycles. The molecule has 1 aromatic rings. The van der Waals surface area contributed by atoms with Gasteiger partial charge in [0.1, 0.15) is 0 Å². The molecule has 0 spiro atoms. The predicted octanol–water partition coefficient (Wildman–Crippen LogP) is 2.33. The summed E-state index contributed by atoms with van der Waals surface area (Å²) in [5.74, 6) is 0. The van der Waals surface area contributed by atoms with E-state index < -0.39 is 0 Å². The summed E-state index contributed by atoms with van der Waals surface area (Å²) in [6, 6.07) is 1.73. The average Bonchev–Trinajstić information content (AvgIpc) is 2.06. The highest BCUT2D eigenvalue weighted by Gasteiger charge is 1.95. The van der Waals surface area contributed by atoms with E-state index in [0.717, 1.165) is 5.56 Å². The molecule has 0 bridgehead atoms. The van der Waals surface area contributed by atoms with Gasteiger partial charge >= 0.3 is 0 Å². The molecule has 0 aliphatic carbocycles. The number of nitrogens with zero attached hydrogens (tertiary/aromatic N) is 4. The van der Waals surface area contributed by atoms with Crippen LogP contribution >= 0.6 is 24.8 Å². The molecule has 5 nitrogen and oxygen atoms in total. The number of pyridine rings is 1. The monoisotopic (exact) mass is 221 g/mol. The van der Waals surface area contributed by atoms with Crippen molar-refractivity contribution in [1.29, 1.82) is 0 Å². The van der Waals surface area contributed by atoms with Crippen molar-refractivity contribution in [2.45, 2.75) is 6.54 Å². The summed E-state index contributed by atoms with van der Waals surface area (Å²) >= 11 is 0. The van der Waals surface area contributed by atoms with Gasteiger partial charge in [-0.15, -0.1) is 24.8 Å². The lowest BCUT2D eigenvalue weighted by Gasteiger charge is -1.97. The van der Waals surface area contributed by atoms with Crippen molar-refractivity contribution in [2.24, 2.45) is 10.8 Å². The molecule has 1 aromatic heterocycles. The van der Waals surface area contributed by atoms with Crippen LogP contribution in [-0.2, 0) is 6.54 Å². The van der Waals surface area contributed by atoms with Crippen LogP contribution in [0.1, 0.15) is 5.56 Å². The van der Waals surface area contributed by atoms with Crippen LogP contribution < -0.4 is 5.73 Å². The third kappa shape index (κ3) is 3.96. The van der Waals surface area contributed by atoms with E-state index in [1.165, 1.54) is 6.20 Å². The Kier molecular flexibility index (Phi) is 8.53. The average molecular weight is 222 g/mol. The summed E-state index contributed by atoms with van der Waals surface area (Å²) in [5, 5.41) is 3.42. The van der Waals surface area contributed by atoms with Gasteiger partial charge in [0.05, 0.1) is 5.69 Å². The quantitative estimate of drug-likeness (QED) is 0.472. The minimum absolute atomic E-state index is 0. The van der Waals surface area contributed by atoms with Crippen LogP contribution in [-0.4, -0.2) is 4.98 Å². The number of rotatable bonds is 2. The largest absolute Gasteiger partial charge is 0.326 e. The van der Waals surface area contributed by atoms with Crippen LogP contribution in [0.4, 0.5) is 5.69 Å². The van der Waals surface area contributed by atoms with E-state index in [-0.39, 0.29) is 24.8 Å². The van der Waals surface area contributed by atoms with Gasteiger partial charge in [0, 0.05) is 23.9 Å². The Labute approximate surface area is 87.8 Å². The number of hydrogen-bond donors (Lipinski definition) is 1. The van der Waals surface area contributed by atoms with E-state index in [4.69, 9.17) is 11.3 Å². The second-order valence-corrected chi connectivity index (χ2v) is 1.90. The molecule has 0 aliphatic heterocycles. The molecule has 1 heterocycles. The van der Waals surface area contributed by atoms with Gasteiger partial charge in [-0.05, 0) is 17.2 Å².